The maximum absolute atomic E-state index is 13.9. The lowest BCUT2D eigenvalue weighted by atomic mass is 9.89. The van der Waals surface area contributed by atoms with Gasteiger partial charge in [0.25, 0.3) is 0 Å². The van der Waals surface area contributed by atoms with Gasteiger partial charge in [0.05, 0.1) is 18.4 Å². The molecule has 0 aliphatic carbocycles. The van der Waals surface area contributed by atoms with Gasteiger partial charge in [-0.2, -0.15) is 5.26 Å². The zero-order valence-corrected chi connectivity index (χ0v) is 20.1. The number of hydrogen-bond acceptors (Lipinski definition) is 6. The number of allylic oxidation sites excluding steroid dienone is 1. The van der Waals surface area contributed by atoms with Crippen molar-refractivity contribution in [2.24, 2.45) is 0 Å². The molecule has 7 heteroatoms. The Morgan fingerprint density at radius 1 is 1.18 bits per heavy atom. The summed E-state index contributed by atoms with van der Waals surface area (Å²) in [6.45, 7) is 4.32. The third-order valence-corrected chi connectivity index (χ3v) is 5.85. The number of ether oxygens (including phenoxy) is 2. The SMILES string of the molecule is COCc1nc(C)nc(N(C)C)c1Cc1ccc2c(c1)COc1cc(F)ccc1/C2=C(\C)C#N. The van der Waals surface area contributed by atoms with E-state index in [1.165, 1.54) is 12.1 Å². The Hall–Kier alpha value is -3.76. The number of fused-ring (bicyclic) bond motifs is 2. The van der Waals surface area contributed by atoms with Crippen LogP contribution in [0.5, 0.6) is 5.75 Å². The summed E-state index contributed by atoms with van der Waals surface area (Å²) in [5.41, 5.74) is 6.80. The summed E-state index contributed by atoms with van der Waals surface area (Å²) < 4.78 is 25.3. The Kier molecular flexibility index (Phi) is 6.62. The van der Waals surface area contributed by atoms with E-state index in [2.05, 4.69) is 22.1 Å². The van der Waals surface area contributed by atoms with Crippen molar-refractivity contribution < 1.29 is 13.9 Å². The van der Waals surface area contributed by atoms with E-state index < -0.39 is 0 Å². The van der Waals surface area contributed by atoms with Crippen LogP contribution in [-0.4, -0.2) is 31.2 Å². The maximum Gasteiger partial charge on any atom is 0.135 e. The Bertz CT molecular complexity index is 1320. The molecule has 4 rings (SSSR count). The molecule has 34 heavy (non-hydrogen) atoms. The number of nitrogens with zero attached hydrogens (tertiary/aromatic N) is 4. The molecule has 174 valence electrons. The van der Waals surface area contributed by atoms with E-state index in [-0.39, 0.29) is 12.4 Å². The smallest absolute Gasteiger partial charge is 0.135 e. The molecule has 2 heterocycles. The fourth-order valence-electron chi connectivity index (χ4n) is 4.35. The first-order valence-electron chi connectivity index (χ1n) is 11.0. The average molecular weight is 459 g/mol. The highest BCUT2D eigenvalue weighted by Gasteiger charge is 2.23. The highest BCUT2D eigenvalue weighted by atomic mass is 19.1. The lowest BCUT2D eigenvalue weighted by molar-refractivity contribution is 0.180. The van der Waals surface area contributed by atoms with E-state index in [1.807, 2.05) is 38.1 Å². The van der Waals surface area contributed by atoms with Crippen LogP contribution < -0.4 is 9.64 Å². The quantitative estimate of drug-likeness (QED) is 0.503. The first-order chi connectivity index (χ1) is 16.3. The van der Waals surface area contributed by atoms with Crippen molar-refractivity contribution in [3.63, 3.8) is 0 Å². The lowest BCUT2D eigenvalue weighted by Gasteiger charge is -2.20. The van der Waals surface area contributed by atoms with Crippen molar-refractivity contribution in [2.75, 3.05) is 26.1 Å². The van der Waals surface area contributed by atoms with Crippen molar-refractivity contribution in [3.8, 4) is 11.8 Å². The second kappa shape index (κ2) is 9.62. The second-order valence-corrected chi connectivity index (χ2v) is 8.56. The minimum absolute atomic E-state index is 0.275. The number of benzene rings is 2. The number of halogens is 1. The molecule has 0 saturated heterocycles. The summed E-state index contributed by atoms with van der Waals surface area (Å²) in [4.78, 5) is 11.3. The second-order valence-electron chi connectivity index (χ2n) is 8.56. The molecule has 0 saturated carbocycles. The van der Waals surface area contributed by atoms with Gasteiger partial charge in [0.1, 0.15) is 29.8 Å². The van der Waals surface area contributed by atoms with Crippen LogP contribution in [0.15, 0.2) is 42.0 Å². The van der Waals surface area contributed by atoms with Crippen LogP contribution in [-0.2, 0) is 24.4 Å². The van der Waals surface area contributed by atoms with Gasteiger partial charge in [-0.15, -0.1) is 0 Å². The Labute approximate surface area is 199 Å². The van der Waals surface area contributed by atoms with Crippen LogP contribution in [0.1, 0.15) is 46.3 Å². The summed E-state index contributed by atoms with van der Waals surface area (Å²) in [5, 5.41) is 9.67. The molecule has 1 aliphatic heterocycles. The van der Waals surface area contributed by atoms with E-state index in [9.17, 15) is 9.65 Å². The van der Waals surface area contributed by atoms with Gasteiger partial charge in [-0.3, -0.25) is 0 Å². The fourth-order valence-corrected chi connectivity index (χ4v) is 4.35. The van der Waals surface area contributed by atoms with E-state index in [0.29, 0.717) is 30.2 Å². The zero-order valence-electron chi connectivity index (χ0n) is 20.1. The molecule has 2 aromatic carbocycles. The van der Waals surface area contributed by atoms with E-state index in [0.717, 1.165) is 44.9 Å². The predicted octanol–water partition coefficient (Wildman–Crippen LogP) is 4.97. The van der Waals surface area contributed by atoms with Crippen LogP contribution in [0.2, 0.25) is 0 Å². The molecule has 0 radical (unpaired) electrons. The normalized spacial score (nSPS) is 13.8. The molecule has 0 amide bonds. The molecule has 0 bridgehead atoms. The minimum Gasteiger partial charge on any atom is -0.488 e. The molecule has 3 aromatic rings. The van der Waals surface area contributed by atoms with Crippen LogP contribution in [0.3, 0.4) is 0 Å². The Morgan fingerprint density at radius 3 is 2.65 bits per heavy atom. The van der Waals surface area contributed by atoms with Gasteiger partial charge >= 0.3 is 0 Å². The zero-order chi connectivity index (χ0) is 24.4. The van der Waals surface area contributed by atoms with Gasteiger partial charge < -0.3 is 14.4 Å². The van der Waals surface area contributed by atoms with Crippen molar-refractivity contribution in [1.29, 1.82) is 5.26 Å². The molecular formula is C27H27FN4O2. The lowest BCUT2D eigenvalue weighted by Crippen LogP contribution is -2.17. The van der Waals surface area contributed by atoms with Gasteiger partial charge in [-0.1, -0.05) is 18.2 Å². The Balaban J connectivity index is 1.81. The number of aryl methyl sites for hydroxylation is 1. The van der Waals surface area contributed by atoms with E-state index in [1.54, 1.807) is 20.1 Å². The monoisotopic (exact) mass is 458 g/mol. The minimum atomic E-state index is -0.374. The van der Waals surface area contributed by atoms with Gasteiger partial charge in [0.15, 0.2) is 0 Å². The van der Waals surface area contributed by atoms with Crippen molar-refractivity contribution in [1.82, 2.24) is 9.97 Å². The largest absolute Gasteiger partial charge is 0.488 e. The summed E-state index contributed by atoms with van der Waals surface area (Å²) >= 11 is 0. The summed E-state index contributed by atoms with van der Waals surface area (Å²) in [6, 6.07) is 12.8. The first kappa shape index (κ1) is 23.4. The van der Waals surface area contributed by atoms with Crippen LogP contribution >= 0.6 is 0 Å². The predicted molar refractivity (Wildman–Crippen MR) is 129 cm³/mol. The molecule has 0 fully saturated rings. The van der Waals surface area contributed by atoms with Crippen molar-refractivity contribution in [2.45, 2.75) is 33.5 Å². The number of anilines is 1. The molecule has 6 nitrogen and oxygen atoms in total. The van der Waals surface area contributed by atoms with E-state index >= 15 is 0 Å². The summed E-state index contributed by atoms with van der Waals surface area (Å²) in [7, 11) is 5.58. The van der Waals surface area contributed by atoms with Gasteiger partial charge in [0.2, 0.25) is 0 Å². The fraction of sp³-hybridized carbons (Fsp3) is 0.296. The van der Waals surface area contributed by atoms with Crippen LogP contribution in [0.4, 0.5) is 10.2 Å². The average Bonchev–Trinajstić information content (AvgIpc) is 2.96. The maximum atomic E-state index is 13.9. The van der Waals surface area contributed by atoms with Crippen molar-refractivity contribution in [3.05, 3.63) is 87.1 Å². The van der Waals surface area contributed by atoms with Crippen LogP contribution in [0, 0.1) is 24.1 Å². The van der Waals surface area contributed by atoms with Crippen molar-refractivity contribution >= 4 is 11.4 Å². The van der Waals surface area contributed by atoms with Crippen LogP contribution in [0.25, 0.3) is 5.57 Å². The number of hydrogen-bond donors (Lipinski definition) is 0. The van der Waals surface area contributed by atoms with Gasteiger partial charge in [0, 0.05) is 56.0 Å². The number of nitriles is 1. The molecule has 1 aliphatic rings. The summed E-state index contributed by atoms with van der Waals surface area (Å²) in [6.07, 6.45) is 0.609. The summed E-state index contributed by atoms with van der Waals surface area (Å²) in [5.74, 6) is 1.61. The first-order valence-corrected chi connectivity index (χ1v) is 11.0. The molecule has 0 unspecified atom stereocenters. The van der Waals surface area contributed by atoms with Gasteiger partial charge in [-0.05, 0) is 42.7 Å². The topological polar surface area (TPSA) is 71.3 Å². The standard InChI is InChI=1S/C27H27FN4O2/c1-16(13-29)26-21-8-6-18(10-19(21)14-34-25-12-20(28)7-9-22(25)26)11-23-24(15-33-5)30-17(2)31-27(23)32(3)4/h6-10,12H,11,14-15H2,1-5H3/b26-16+. The Morgan fingerprint density at radius 2 is 1.94 bits per heavy atom. The number of aromatic nitrogens is 2. The van der Waals surface area contributed by atoms with Gasteiger partial charge in [-0.25, -0.2) is 14.4 Å². The number of methoxy groups -OCH3 is 1. The molecular weight excluding hydrogens is 431 g/mol. The van der Waals surface area contributed by atoms with E-state index in [4.69, 9.17) is 9.47 Å². The number of rotatable bonds is 5. The third kappa shape index (κ3) is 4.50. The molecule has 0 N–H and O–H groups in total. The highest BCUT2D eigenvalue weighted by molar-refractivity contribution is 5.88. The molecule has 1 aromatic heterocycles. The molecule has 0 atom stereocenters. The molecule has 0 spiro atoms. The highest BCUT2D eigenvalue weighted by Crippen LogP contribution is 2.39. The third-order valence-electron chi connectivity index (χ3n) is 5.85.